The van der Waals surface area contributed by atoms with Gasteiger partial charge in [0, 0.05) is 13.0 Å². The van der Waals surface area contributed by atoms with Crippen LogP contribution in [-0.2, 0) is 14.3 Å². The minimum absolute atomic E-state index is 0.0363. The Morgan fingerprint density at radius 1 is 0.972 bits per heavy atom. The molecule has 7 heteroatoms. The number of carboxylic acids is 1. The summed E-state index contributed by atoms with van der Waals surface area (Å²) in [6.07, 6.45) is 4.14. The summed E-state index contributed by atoms with van der Waals surface area (Å²) in [5.74, 6) is -1.90. The third-order valence-corrected chi connectivity index (χ3v) is 7.64. The molecule has 2 atom stereocenters. The first-order valence-corrected chi connectivity index (χ1v) is 12.9. The van der Waals surface area contributed by atoms with Crippen molar-refractivity contribution in [3.63, 3.8) is 0 Å². The number of aliphatic carboxylic acids is 1. The number of carboxylic acid groups (broad SMARTS) is 1. The van der Waals surface area contributed by atoms with Gasteiger partial charge in [-0.2, -0.15) is 0 Å². The number of nitrogens with zero attached hydrogens (tertiary/aromatic N) is 1. The molecule has 0 aromatic heterocycles. The summed E-state index contributed by atoms with van der Waals surface area (Å²) >= 11 is 0. The van der Waals surface area contributed by atoms with Gasteiger partial charge in [0.2, 0.25) is 5.91 Å². The molecule has 2 aromatic carbocycles. The van der Waals surface area contributed by atoms with Gasteiger partial charge in [0.15, 0.2) is 0 Å². The van der Waals surface area contributed by atoms with Crippen LogP contribution in [0, 0.1) is 11.8 Å². The van der Waals surface area contributed by atoms with Gasteiger partial charge < -0.3 is 15.2 Å². The lowest BCUT2D eigenvalue weighted by Gasteiger charge is -2.36. The predicted octanol–water partition coefficient (Wildman–Crippen LogP) is 5.04. The largest absolute Gasteiger partial charge is 0.480 e. The minimum atomic E-state index is -1.08. The molecule has 0 bridgehead atoms. The second kappa shape index (κ2) is 11.1. The predicted molar refractivity (Wildman–Crippen MR) is 138 cm³/mol. The van der Waals surface area contributed by atoms with Gasteiger partial charge in [0.1, 0.15) is 18.7 Å². The van der Waals surface area contributed by atoms with E-state index in [0.717, 1.165) is 54.4 Å². The molecule has 2 aromatic rings. The summed E-state index contributed by atoms with van der Waals surface area (Å²) < 4.78 is 5.81. The van der Waals surface area contributed by atoms with Crippen LogP contribution in [0.25, 0.3) is 11.1 Å². The molecular formula is C29H36N2O5. The number of fused-ring (bicyclic) bond motifs is 3. The molecule has 7 nitrogen and oxygen atoms in total. The molecule has 4 rings (SSSR count). The maximum absolute atomic E-state index is 13.4. The number of rotatable bonds is 8. The van der Waals surface area contributed by atoms with Crippen molar-refractivity contribution in [1.82, 2.24) is 10.2 Å². The van der Waals surface area contributed by atoms with Crippen LogP contribution < -0.4 is 5.32 Å². The maximum atomic E-state index is 13.4. The topological polar surface area (TPSA) is 95.9 Å². The molecule has 1 saturated carbocycles. The molecule has 0 unspecified atom stereocenters. The molecular weight excluding hydrogens is 456 g/mol. The standard InChI is InChI=1S/C29H36N2O5/c1-18(2)25(28(33)34)30-27(32)26(19-11-5-4-6-12-19)31(3)29(35)36-17-24-22-15-9-7-13-20(22)21-14-8-10-16-23(21)24/h7-10,13-16,18-19,24-26H,4-6,11-12,17H2,1-3H3,(H,30,32)(H,33,34)/t25-,26+/m1/s1. The molecule has 0 aliphatic heterocycles. The number of benzene rings is 2. The lowest BCUT2D eigenvalue weighted by atomic mass is 9.82. The number of hydrogen-bond acceptors (Lipinski definition) is 4. The Labute approximate surface area is 212 Å². The lowest BCUT2D eigenvalue weighted by molar-refractivity contribution is -0.144. The first-order valence-electron chi connectivity index (χ1n) is 12.9. The highest BCUT2D eigenvalue weighted by Gasteiger charge is 2.38. The van der Waals surface area contributed by atoms with Gasteiger partial charge in [-0.25, -0.2) is 9.59 Å². The van der Waals surface area contributed by atoms with Crippen LogP contribution in [-0.4, -0.2) is 53.7 Å². The zero-order valence-corrected chi connectivity index (χ0v) is 21.3. The fourth-order valence-electron chi connectivity index (χ4n) is 5.72. The lowest BCUT2D eigenvalue weighted by Crippen LogP contribution is -2.56. The normalized spacial score (nSPS) is 17.1. The summed E-state index contributed by atoms with van der Waals surface area (Å²) in [6.45, 7) is 3.67. The van der Waals surface area contributed by atoms with Gasteiger partial charge in [-0.3, -0.25) is 9.69 Å². The Morgan fingerprint density at radius 2 is 1.53 bits per heavy atom. The highest BCUT2D eigenvalue weighted by atomic mass is 16.6. The van der Waals surface area contributed by atoms with Crippen molar-refractivity contribution in [1.29, 1.82) is 0 Å². The van der Waals surface area contributed by atoms with Crippen molar-refractivity contribution >= 4 is 18.0 Å². The molecule has 0 saturated heterocycles. The summed E-state index contributed by atoms with van der Waals surface area (Å²) in [5, 5.41) is 12.3. The van der Waals surface area contributed by atoms with E-state index in [1.165, 1.54) is 4.90 Å². The Balaban J connectivity index is 1.50. The van der Waals surface area contributed by atoms with Crippen molar-refractivity contribution in [2.24, 2.45) is 11.8 Å². The molecule has 2 aliphatic rings. The van der Waals surface area contributed by atoms with Gasteiger partial charge >= 0.3 is 12.1 Å². The van der Waals surface area contributed by atoms with Crippen LogP contribution in [0.15, 0.2) is 48.5 Å². The van der Waals surface area contributed by atoms with E-state index >= 15 is 0 Å². The number of carbonyl (C=O) groups is 3. The Hall–Kier alpha value is -3.35. The quantitative estimate of drug-likeness (QED) is 0.538. The van der Waals surface area contributed by atoms with E-state index in [0.29, 0.717) is 0 Å². The van der Waals surface area contributed by atoms with E-state index in [1.807, 2.05) is 24.3 Å². The molecule has 0 radical (unpaired) electrons. The second-order valence-electron chi connectivity index (χ2n) is 10.3. The van der Waals surface area contributed by atoms with E-state index in [-0.39, 0.29) is 24.4 Å². The Bertz CT molecular complexity index is 1060. The first kappa shape index (κ1) is 25.7. The molecule has 2 amide bonds. The third kappa shape index (κ3) is 5.25. The van der Waals surface area contributed by atoms with Crippen LogP contribution in [0.1, 0.15) is 63.0 Å². The minimum Gasteiger partial charge on any atom is -0.480 e. The van der Waals surface area contributed by atoms with Gasteiger partial charge in [-0.1, -0.05) is 81.6 Å². The average molecular weight is 493 g/mol. The summed E-state index contributed by atoms with van der Waals surface area (Å²) in [4.78, 5) is 39.7. The fraction of sp³-hybridized carbons (Fsp3) is 0.483. The van der Waals surface area contributed by atoms with Crippen LogP contribution in [0.5, 0.6) is 0 Å². The molecule has 2 N–H and O–H groups in total. The van der Waals surface area contributed by atoms with Crippen LogP contribution in [0.3, 0.4) is 0 Å². The van der Waals surface area contributed by atoms with Crippen molar-refractivity contribution in [3.05, 3.63) is 59.7 Å². The molecule has 0 spiro atoms. The second-order valence-corrected chi connectivity index (χ2v) is 10.3. The number of nitrogens with one attached hydrogen (secondary N) is 1. The average Bonchev–Trinajstić information content (AvgIpc) is 3.20. The number of likely N-dealkylation sites (N-methyl/N-ethyl adjacent to an activating group) is 1. The van der Waals surface area contributed by atoms with Gasteiger partial charge in [0.25, 0.3) is 0 Å². The Kier molecular flexibility index (Phi) is 7.97. The number of ether oxygens (including phenoxy) is 1. The van der Waals surface area contributed by atoms with Crippen molar-refractivity contribution in [2.75, 3.05) is 13.7 Å². The van der Waals surface area contributed by atoms with E-state index < -0.39 is 30.1 Å². The smallest absolute Gasteiger partial charge is 0.410 e. The van der Waals surface area contributed by atoms with Crippen molar-refractivity contribution in [3.8, 4) is 11.1 Å². The van der Waals surface area contributed by atoms with E-state index in [2.05, 4.69) is 29.6 Å². The first-order chi connectivity index (χ1) is 17.3. The third-order valence-electron chi connectivity index (χ3n) is 7.64. The van der Waals surface area contributed by atoms with Crippen LogP contribution in [0.2, 0.25) is 0 Å². The van der Waals surface area contributed by atoms with Crippen molar-refractivity contribution < 1.29 is 24.2 Å². The summed E-state index contributed by atoms with van der Waals surface area (Å²) in [6, 6.07) is 14.5. The van der Waals surface area contributed by atoms with Gasteiger partial charge in [0.05, 0.1) is 0 Å². The molecule has 192 valence electrons. The van der Waals surface area contributed by atoms with E-state index in [4.69, 9.17) is 4.74 Å². The fourth-order valence-corrected chi connectivity index (χ4v) is 5.72. The van der Waals surface area contributed by atoms with Gasteiger partial charge in [-0.05, 0) is 46.9 Å². The molecule has 36 heavy (non-hydrogen) atoms. The zero-order chi connectivity index (χ0) is 25.8. The van der Waals surface area contributed by atoms with Gasteiger partial charge in [-0.15, -0.1) is 0 Å². The molecule has 1 fully saturated rings. The van der Waals surface area contributed by atoms with Crippen LogP contribution >= 0.6 is 0 Å². The summed E-state index contributed by atoms with van der Waals surface area (Å²) in [5.41, 5.74) is 4.54. The highest BCUT2D eigenvalue weighted by Crippen LogP contribution is 2.44. The van der Waals surface area contributed by atoms with E-state index in [1.54, 1.807) is 20.9 Å². The molecule has 0 heterocycles. The SMILES string of the molecule is CC(C)[C@@H](NC(=O)[C@H](C1CCCCC1)N(C)C(=O)OCC1c2ccccc2-c2ccccc21)C(=O)O. The summed E-state index contributed by atoms with van der Waals surface area (Å²) in [7, 11) is 1.59. The zero-order valence-electron chi connectivity index (χ0n) is 21.3. The van der Waals surface area contributed by atoms with Crippen molar-refractivity contribution in [2.45, 2.75) is 64.0 Å². The van der Waals surface area contributed by atoms with E-state index in [9.17, 15) is 19.5 Å². The number of carbonyl (C=O) groups excluding carboxylic acids is 2. The monoisotopic (exact) mass is 492 g/mol. The number of hydrogen-bond donors (Lipinski definition) is 2. The Morgan fingerprint density at radius 3 is 2.06 bits per heavy atom. The number of amides is 2. The maximum Gasteiger partial charge on any atom is 0.410 e. The molecule has 2 aliphatic carbocycles. The van der Waals surface area contributed by atoms with Crippen LogP contribution in [0.4, 0.5) is 4.79 Å². The highest BCUT2D eigenvalue weighted by molar-refractivity contribution is 5.89.